The SMILES string of the molecule is CC(=O)c1ccc(OCCCC(=O)OCC(=O)NC23CC4CC(CC(C4)C2)C3)cc1. The summed E-state index contributed by atoms with van der Waals surface area (Å²) in [7, 11) is 0. The molecule has 6 nitrogen and oxygen atoms in total. The van der Waals surface area contributed by atoms with Gasteiger partial charge in [0.15, 0.2) is 12.4 Å². The van der Waals surface area contributed by atoms with Crippen molar-refractivity contribution in [2.45, 2.75) is 63.8 Å². The fraction of sp³-hybridized carbons (Fsp3) is 0.625. The van der Waals surface area contributed by atoms with Gasteiger partial charge < -0.3 is 14.8 Å². The minimum absolute atomic E-state index is 0.0107. The Hall–Kier alpha value is -2.37. The summed E-state index contributed by atoms with van der Waals surface area (Å²) in [5, 5.41) is 3.22. The van der Waals surface area contributed by atoms with E-state index in [1.165, 1.54) is 26.2 Å². The lowest BCUT2D eigenvalue weighted by atomic mass is 9.53. The van der Waals surface area contributed by atoms with E-state index in [9.17, 15) is 14.4 Å². The average molecular weight is 414 g/mol. The molecule has 5 rings (SSSR count). The first-order valence-electron chi connectivity index (χ1n) is 11.1. The summed E-state index contributed by atoms with van der Waals surface area (Å²) in [5.74, 6) is 2.39. The number of carbonyl (C=O) groups excluding carboxylic acids is 3. The van der Waals surface area contributed by atoms with Crippen molar-refractivity contribution in [3.05, 3.63) is 29.8 Å². The predicted octanol–water partition coefficient (Wildman–Crippen LogP) is 3.68. The normalized spacial score (nSPS) is 28.8. The van der Waals surface area contributed by atoms with Crippen molar-refractivity contribution in [3.63, 3.8) is 0 Å². The third kappa shape index (κ3) is 5.02. The van der Waals surface area contributed by atoms with Gasteiger partial charge in [-0.2, -0.15) is 0 Å². The zero-order valence-corrected chi connectivity index (χ0v) is 17.7. The van der Waals surface area contributed by atoms with Crippen LogP contribution in [0.1, 0.15) is 68.6 Å². The summed E-state index contributed by atoms with van der Waals surface area (Å²) in [6.07, 6.45) is 7.95. The number of ketones is 1. The highest BCUT2D eigenvalue weighted by atomic mass is 16.5. The van der Waals surface area contributed by atoms with Crippen LogP contribution in [0, 0.1) is 17.8 Å². The number of hydrogen-bond acceptors (Lipinski definition) is 5. The maximum atomic E-state index is 12.4. The summed E-state index contributed by atoms with van der Waals surface area (Å²) in [4.78, 5) is 35.6. The van der Waals surface area contributed by atoms with E-state index in [1.807, 2.05) is 0 Å². The Morgan fingerprint density at radius 2 is 1.60 bits per heavy atom. The average Bonchev–Trinajstić information content (AvgIpc) is 2.68. The highest BCUT2D eigenvalue weighted by Crippen LogP contribution is 2.55. The predicted molar refractivity (Wildman–Crippen MR) is 111 cm³/mol. The van der Waals surface area contributed by atoms with E-state index < -0.39 is 0 Å². The smallest absolute Gasteiger partial charge is 0.306 e. The quantitative estimate of drug-likeness (QED) is 0.379. The third-order valence-electron chi connectivity index (χ3n) is 6.86. The summed E-state index contributed by atoms with van der Waals surface area (Å²) in [6.45, 7) is 1.69. The molecule has 0 spiro atoms. The van der Waals surface area contributed by atoms with E-state index in [4.69, 9.17) is 9.47 Å². The van der Waals surface area contributed by atoms with Crippen LogP contribution in [0.25, 0.3) is 0 Å². The molecule has 4 aliphatic rings. The van der Waals surface area contributed by atoms with Crippen molar-refractivity contribution in [2.75, 3.05) is 13.2 Å². The van der Waals surface area contributed by atoms with Crippen molar-refractivity contribution < 1.29 is 23.9 Å². The maximum Gasteiger partial charge on any atom is 0.306 e. The lowest BCUT2D eigenvalue weighted by molar-refractivity contribution is -0.150. The molecular formula is C24H31NO5. The summed E-state index contributed by atoms with van der Waals surface area (Å²) in [6, 6.07) is 6.91. The second-order valence-electron chi connectivity index (χ2n) is 9.44. The standard InChI is InChI=1S/C24H31NO5/c1-16(26)20-4-6-21(7-5-20)29-8-2-3-23(28)30-15-22(27)25-24-12-17-9-18(13-24)11-19(10-17)14-24/h4-7,17-19H,2-3,8-15H2,1H3,(H,25,27). The van der Waals surface area contributed by atoms with Crippen molar-refractivity contribution in [1.29, 1.82) is 0 Å². The minimum Gasteiger partial charge on any atom is -0.494 e. The van der Waals surface area contributed by atoms with Crippen molar-refractivity contribution in [3.8, 4) is 5.75 Å². The summed E-state index contributed by atoms with van der Waals surface area (Å²) in [5.41, 5.74) is 0.585. The van der Waals surface area contributed by atoms with Crippen molar-refractivity contribution in [2.24, 2.45) is 17.8 Å². The monoisotopic (exact) mass is 413 g/mol. The van der Waals surface area contributed by atoms with E-state index in [0.29, 0.717) is 24.3 Å². The zero-order valence-electron chi connectivity index (χ0n) is 17.7. The van der Waals surface area contributed by atoms with Crippen LogP contribution in [-0.2, 0) is 14.3 Å². The van der Waals surface area contributed by atoms with Gasteiger partial charge in [-0.25, -0.2) is 0 Å². The fourth-order valence-electron chi connectivity index (χ4n) is 6.01. The molecule has 4 fully saturated rings. The number of Topliss-reactive ketones (excluding diaryl/α,β-unsaturated/α-hetero) is 1. The summed E-state index contributed by atoms with van der Waals surface area (Å²) >= 11 is 0. The Morgan fingerprint density at radius 1 is 1.00 bits per heavy atom. The van der Waals surface area contributed by atoms with Gasteiger partial charge >= 0.3 is 5.97 Å². The first kappa shape index (κ1) is 20.9. The number of rotatable bonds is 9. The van der Waals surface area contributed by atoms with Crippen LogP contribution in [0.15, 0.2) is 24.3 Å². The molecule has 1 amide bonds. The molecule has 0 unspecified atom stereocenters. The minimum atomic E-state index is -0.383. The Morgan fingerprint density at radius 3 is 2.17 bits per heavy atom. The van der Waals surface area contributed by atoms with E-state index in [1.54, 1.807) is 24.3 Å². The first-order valence-corrected chi connectivity index (χ1v) is 11.1. The first-order chi connectivity index (χ1) is 14.4. The van der Waals surface area contributed by atoms with E-state index in [-0.39, 0.29) is 36.2 Å². The number of nitrogens with one attached hydrogen (secondary N) is 1. The van der Waals surface area contributed by atoms with Crippen LogP contribution in [0.3, 0.4) is 0 Å². The molecule has 6 heteroatoms. The number of benzene rings is 1. The second kappa shape index (κ2) is 8.78. The molecule has 30 heavy (non-hydrogen) atoms. The van der Waals surface area contributed by atoms with Gasteiger partial charge in [-0.1, -0.05) is 0 Å². The van der Waals surface area contributed by atoms with Gasteiger partial charge in [0.1, 0.15) is 5.75 Å². The van der Waals surface area contributed by atoms with Crippen molar-refractivity contribution >= 4 is 17.7 Å². The molecule has 1 aromatic carbocycles. The molecule has 0 saturated heterocycles. The second-order valence-corrected chi connectivity index (χ2v) is 9.44. The molecule has 1 aromatic rings. The van der Waals surface area contributed by atoms with Gasteiger partial charge in [-0.05, 0) is 93.9 Å². The van der Waals surface area contributed by atoms with Crippen LogP contribution >= 0.6 is 0 Å². The van der Waals surface area contributed by atoms with E-state index in [2.05, 4.69) is 5.32 Å². The Balaban J connectivity index is 1.12. The molecule has 0 aliphatic heterocycles. The van der Waals surface area contributed by atoms with Gasteiger partial charge in [0.05, 0.1) is 6.61 Å². The van der Waals surface area contributed by atoms with Gasteiger partial charge in [0, 0.05) is 17.5 Å². The number of carbonyl (C=O) groups is 3. The number of ether oxygens (including phenoxy) is 2. The van der Waals surface area contributed by atoms with Crippen LogP contribution in [-0.4, -0.2) is 36.4 Å². The highest BCUT2D eigenvalue weighted by Gasteiger charge is 2.51. The van der Waals surface area contributed by atoms with Crippen LogP contribution < -0.4 is 10.1 Å². The van der Waals surface area contributed by atoms with Gasteiger partial charge in [0.25, 0.3) is 5.91 Å². The van der Waals surface area contributed by atoms with Crippen LogP contribution in [0.5, 0.6) is 5.75 Å². The molecule has 4 saturated carbocycles. The molecule has 4 bridgehead atoms. The number of hydrogen-bond donors (Lipinski definition) is 1. The van der Waals surface area contributed by atoms with E-state index in [0.717, 1.165) is 37.0 Å². The zero-order chi connectivity index (χ0) is 21.1. The molecule has 0 aromatic heterocycles. The van der Waals surface area contributed by atoms with Crippen LogP contribution in [0.4, 0.5) is 0 Å². The molecular weight excluding hydrogens is 382 g/mol. The van der Waals surface area contributed by atoms with Crippen molar-refractivity contribution in [1.82, 2.24) is 5.32 Å². The molecule has 0 atom stereocenters. The highest BCUT2D eigenvalue weighted by molar-refractivity contribution is 5.94. The molecule has 4 aliphatic carbocycles. The number of esters is 1. The van der Waals surface area contributed by atoms with E-state index >= 15 is 0 Å². The summed E-state index contributed by atoms with van der Waals surface area (Å²) < 4.78 is 10.7. The topological polar surface area (TPSA) is 81.7 Å². The molecule has 1 N–H and O–H groups in total. The molecule has 0 heterocycles. The Kier molecular flexibility index (Phi) is 6.11. The molecule has 162 valence electrons. The maximum absolute atomic E-state index is 12.4. The molecule has 0 radical (unpaired) electrons. The van der Waals surface area contributed by atoms with Gasteiger partial charge in [-0.3, -0.25) is 14.4 Å². The van der Waals surface area contributed by atoms with Crippen LogP contribution in [0.2, 0.25) is 0 Å². The third-order valence-corrected chi connectivity index (χ3v) is 6.86. The van der Waals surface area contributed by atoms with Gasteiger partial charge in [-0.15, -0.1) is 0 Å². The lowest BCUT2D eigenvalue weighted by Gasteiger charge is -2.56. The van der Waals surface area contributed by atoms with Gasteiger partial charge in [0.2, 0.25) is 0 Å². The Labute approximate surface area is 177 Å². The largest absolute Gasteiger partial charge is 0.494 e. The fourth-order valence-corrected chi connectivity index (χ4v) is 6.01. The Bertz CT molecular complexity index is 765. The number of amides is 1. The lowest BCUT2D eigenvalue weighted by Crippen LogP contribution is -2.60.